The number of nitrogens with zero attached hydrogens (tertiary/aromatic N) is 3. The van der Waals surface area contributed by atoms with Gasteiger partial charge in [0, 0.05) is 12.7 Å². The number of aromatic nitrogens is 3. The third kappa shape index (κ3) is 3.01. The van der Waals surface area contributed by atoms with Gasteiger partial charge in [0.05, 0.1) is 34.2 Å². The maximum absolute atomic E-state index is 14.1. The first kappa shape index (κ1) is 22.0. The number of Topliss-reactive ketones (excluding diaryl/α,β-unsaturated/α-hetero) is 1. The molecule has 3 unspecified atom stereocenters. The van der Waals surface area contributed by atoms with Crippen molar-refractivity contribution in [2.45, 2.75) is 33.7 Å². The zero-order chi connectivity index (χ0) is 24.3. The van der Waals surface area contributed by atoms with Crippen LogP contribution in [0.15, 0.2) is 54.7 Å². The summed E-state index contributed by atoms with van der Waals surface area (Å²) in [5, 5.41) is 17.5. The van der Waals surface area contributed by atoms with E-state index in [-0.39, 0.29) is 12.3 Å². The van der Waals surface area contributed by atoms with Crippen LogP contribution in [0.5, 0.6) is 0 Å². The number of hydrogen-bond donors (Lipinski definition) is 2. The molecular weight excluding hydrogens is 432 g/mol. The van der Waals surface area contributed by atoms with Crippen molar-refractivity contribution in [3.05, 3.63) is 77.2 Å². The monoisotopic (exact) mass is 458 g/mol. The van der Waals surface area contributed by atoms with Gasteiger partial charge in [-0.15, -0.1) is 0 Å². The molecule has 0 saturated heterocycles. The van der Waals surface area contributed by atoms with Gasteiger partial charge in [0.2, 0.25) is 5.91 Å². The van der Waals surface area contributed by atoms with Gasteiger partial charge in [-0.1, -0.05) is 50.2 Å². The molecule has 1 fully saturated rings. The lowest BCUT2D eigenvalue weighted by atomic mass is 9.62. The van der Waals surface area contributed by atoms with Gasteiger partial charge < -0.3 is 10.4 Å². The van der Waals surface area contributed by atoms with Crippen LogP contribution in [0.25, 0.3) is 5.82 Å². The summed E-state index contributed by atoms with van der Waals surface area (Å²) in [5.41, 5.74) is 0.427. The van der Waals surface area contributed by atoms with Crippen molar-refractivity contribution in [3.63, 3.8) is 0 Å². The molecule has 2 aliphatic carbocycles. The highest BCUT2D eigenvalue weighted by Crippen LogP contribution is 2.72. The smallest absolute Gasteiger partial charge is 0.308 e. The van der Waals surface area contributed by atoms with E-state index in [1.807, 2.05) is 56.3 Å². The highest BCUT2D eigenvalue weighted by atomic mass is 16.4. The van der Waals surface area contributed by atoms with Crippen molar-refractivity contribution in [2.24, 2.45) is 22.7 Å². The van der Waals surface area contributed by atoms with Crippen molar-refractivity contribution < 1.29 is 19.5 Å². The molecule has 3 atom stereocenters. The number of fused-ring (bicyclic) bond motifs is 1. The lowest BCUT2D eigenvalue weighted by molar-refractivity contribution is -0.141. The average Bonchev–Trinajstić information content (AvgIpc) is 3.44. The fourth-order valence-corrected chi connectivity index (χ4v) is 5.88. The molecule has 0 radical (unpaired) electrons. The van der Waals surface area contributed by atoms with Crippen LogP contribution >= 0.6 is 0 Å². The molecule has 0 aliphatic heterocycles. The summed E-state index contributed by atoms with van der Waals surface area (Å²) >= 11 is 0. The van der Waals surface area contributed by atoms with Gasteiger partial charge in [-0.25, -0.2) is 9.67 Å². The quantitative estimate of drug-likeness (QED) is 0.608. The Labute approximate surface area is 197 Å². The first-order valence-electron chi connectivity index (χ1n) is 11.3. The molecule has 1 amide bonds. The summed E-state index contributed by atoms with van der Waals surface area (Å²) in [6.45, 7) is 5.76. The van der Waals surface area contributed by atoms with Crippen molar-refractivity contribution in [3.8, 4) is 5.82 Å². The standard InChI is InChI=1S/C26H26N4O4/c1-15-19-17(30(29-15)18-11-7-8-12-27-18)13-25(2,3)26(22(19)31)20(21(26)24(33)34)23(32)28-14-16-9-5-4-6-10-16/h4-12,20-21H,13-14H2,1-3H3,(H,28,32)(H,33,34). The average molecular weight is 459 g/mol. The Balaban J connectivity index is 1.54. The fraction of sp³-hybridized carbons (Fsp3) is 0.346. The first-order chi connectivity index (χ1) is 16.2. The van der Waals surface area contributed by atoms with Gasteiger partial charge in [-0.05, 0) is 36.5 Å². The largest absolute Gasteiger partial charge is 0.481 e. The van der Waals surface area contributed by atoms with E-state index in [0.29, 0.717) is 29.2 Å². The number of benzene rings is 1. The van der Waals surface area contributed by atoms with E-state index >= 15 is 0 Å². The van der Waals surface area contributed by atoms with E-state index in [1.54, 1.807) is 23.9 Å². The van der Waals surface area contributed by atoms with Gasteiger partial charge in [0.15, 0.2) is 11.6 Å². The number of nitrogens with one attached hydrogen (secondary N) is 1. The Morgan fingerprint density at radius 1 is 1.12 bits per heavy atom. The number of aliphatic carboxylic acids is 1. The third-order valence-electron chi connectivity index (χ3n) is 7.42. The summed E-state index contributed by atoms with van der Waals surface area (Å²) in [6, 6.07) is 14.9. The summed E-state index contributed by atoms with van der Waals surface area (Å²) in [7, 11) is 0. The number of pyridine rings is 1. The van der Waals surface area contributed by atoms with Gasteiger partial charge >= 0.3 is 5.97 Å². The van der Waals surface area contributed by atoms with E-state index < -0.39 is 34.5 Å². The number of aryl methyl sites for hydroxylation is 1. The number of amides is 1. The highest BCUT2D eigenvalue weighted by molar-refractivity contribution is 6.14. The Morgan fingerprint density at radius 2 is 1.82 bits per heavy atom. The van der Waals surface area contributed by atoms with Gasteiger partial charge in [0.25, 0.3) is 0 Å². The Morgan fingerprint density at radius 3 is 2.47 bits per heavy atom. The van der Waals surface area contributed by atoms with Crippen molar-refractivity contribution >= 4 is 17.7 Å². The van der Waals surface area contributed by atoms with Crippen LogP contribution in [0.4, 0.5) is 0 Å². The summed E-state index contributed by atoms with van der Waals surface area (Å²) in [5.74, 6) is -3.28. The highest BCUT2D eigenvalue weighted by Gasteiger charge is 2.82. The van der Waals surface area contributed by atoms with E-state index in [0.717, 1.165) is 5.56 Å². The normalized spacial score (nSPS) is 24.5. The SMILES string of the molecule is Cc1nn(-c2ccccn2)c2c1C(=O)C1(C(C(=O)O)C1C(=O)NCc1ccccc1)C(C)(C)C2. The van der Waals surface area contributed by atoms with Crippen LogP contribution in [0.2, 0.25) is 0 Å². The molecule has 2 aliphatic rings. The van der Waals surface area contributed by atoms with Crippen LogP contribution in [-0.4, -0.2) is 37.5 Å². The molecule has 34 heavy (non-hydrogen) atoms. The van der Waals surface area contributed by atoms with Gasteiger partial charge in [-0.2, -0.15) is 5.10 Å². The van der Waals surface area contributed by atoms with E-state index in [9.17, 15) is 19.5 Å². The second kappa shape index (κ2) is 7.62. The fourth-order valence-electron chi connectivity index (χ4n) is 5.88. The predicted octanol–water partition coefficient (Wildman–Crippen LogP) is 2.97. The Hall–Kier alpha value is -3.81. The second-order valence-electron chi connectivity index (χ2n) is 9.76. The number of hydrogen-bond acceptors (Lipinski definition) is 5. The number of carbonyl (C=O) groups is 3. The molecule has 5 rings (SSSR count). The molecule has 1 aromatic carbocycles. The predicted molar refractivity (Wildman–Crippen MR) is 123 cm³/mol. The van der Waals surface area contributed by atoms with Crippen molar-refractivity contribution in [1.82, 2.24) is 20.1 Å². The number of ketones is 1. The minimum atomic E-state index is -1.32. The zero-order valence-corrected chi connectivity index (χ0v) is 19.3. The molecule has 3 aromatic rings. The minimum Gasteiger partial charge on any atom is -0.481 e. The van der Waals surface area contributed by atoms with Crippen LogP contribution in [0, 0.1) is 29.6 Å². The van der Waals surface area contributed by atoms with Crippen LogP contribution < -0.4 is 5.32 Å². The second-order valence-corrected chi connectivity index (χ2v) is 9.76. The van der Waals surface area contributed by atoms with E-state index in [4.69, 9.17) is 0 Å². The summed E-state index contributed by atoms with van der Waals surface area (Å²) < 4.78 is 1.67. The Kier molecular flexibility index (Phi) is 4.93. The summed E-state index contributed by atoms with van der Waals surface area (Å²) in [4.78, 5) is 44.0. The van der Waals surface area contributed by atoms with E-state index in [1.165, 1.54) is 0 Å². The van der Waals surface area contributed by atoms with E-state index in [2.05, 4.69) is 15.4 Å². The molecule has 0 bridgehead atoms. The van der Waals surface area contributed by atoms with Crippen LogP contribution in [-0.2, 0) is 22.6 Å². The van der Waals surface area contributed by atoms with Crippen molar-refractivity contribution in [2.75, 3.05) is 0 Å². The molecule has 1 spiro atoms. The molecule has 2 heterocycles. The zero-order valence-electron chi connectivity index (χ0n) is 19.3. The lowest BCUT2D eigenvalue weighted by Crippen LogP contribution is -2.45. The van der Waals surface area contributed by atoms with Crippen molar-refractivity contribution in [1.29, 1.82) is 0 Å². The molecule has 2 N–H and O–H groups in total. The molecule has 2 aromatic heterocycles. The van der Waals surface area contributed by atoms with Crippen LogP contribution in [0.3, 0.4) is 0 Å². The molecule has 8 nitrogen and oxygen atoms in total. The minimum absolute atomic E-state index is 0.273. The molecule has 174 valence electrons. The van der Waals surface area contributed by atoms with Gasteiger partial charge in [0.1, 0.15) is 0 Å². The Bertz CT molecular complexity index is 1300. The maximum Gasteiger partial charge on any atom is 0.308 e. The molecular formula is C26H26N4O4. The third-order valence-corrected chi connectivity index (χ3v) is 7.42. The number of carbonyl (C=O) groups excluding carboxylic acids is 2. The topological polar surface area (TPSA) is 114 Å². The summed E-state index contributed by atoms with van der Waals surface area (Å²) in [6.07, 6.45) is 2.06. The number of carboxylic acids is 1. The molecule has 8 heteroatoms. The van der Waals surface area contributed by atoms with Gasteiger partial charge in [-0.3, -0.25) is 14.4 Å². The molecule has 1 saturated carbocycles. The first-order valence-corrected chi connectivity index (χ1v) is 11.3. The lowest BCUT2D eigenvalue weighted by Gasteiger charge is -2.39. The van der Waals surface area contributed by atoms with Crippen LogP contribution in [0.1, 0.15) is 41.2 Å². The maximum atomic E-state index is 14.1. The number of carboxylic acid groups (broad SMARTS) is 1. The number of rotatable bonds is 5.